The number of hydrogen-bond acceptors (Lipinski definition) is 2. The van der Waals surface area contributed by atoms with Gasteiger partial charge in [-0.25, -0.2) is 9.07 Å². The van der Waals surface area contributed by atoms with Crippen molar-refractivity contribution in [1.29, 1.82) is 0 Å². The highest BCUT2D eigenvalue weighted by molar-refractivity contribution is 9.10. The molecule has 5 heteroatoms. The summed E-state index contributed by atoms with van der Waals surface area (Å²) in [5, 5.41) is 13.0. The lowest BCUT2D eigenvalue weighted by Crippen LogP contribution is -2.00. The van der Waals surface area contributed by atoms with Crippen LogP contribution in [0.2, 0.25) is 0 Å². The molecule has 0 aliphatic carbocycles. The third-order valence-corrected chi connectivity index (χ3v) is 2.90. The molecule has 0 fully saturated rings. The molecule has 0 unspecified atom stereocenters. The second kappa shape index (κ2) is 4.35. The van der Waals surface area contributed by atoms with E-state index in [1.54, 1.807) is 23.0 Å². The van der Waals surface area contributed by atoms with Crippen molar-refractivity contribution in [2.75, 3.05) is 0 Å². The van der Waals surface area contributed by atoms with E-state index < -0.39 is 0 Å². The van der Waals surface area contributed by atoms with Crippen LogP contribution in [-0.4, -0.2) is 14.9 Å². The van der Waals surface area contributed by atoms with Gasteiger partial charge in [0.15, 0.2) is 0 Å². The average Bonchev–Trinajstić information content (AvgIpc) is 2.71. The molecule has 0 atom stereocenters. The molecule has 0 aliphatic rings. The predicted octanol–water partition coefficient (Wildman–Crippen LogP) is 2.57. The van der Waals surface area contributed by atoms with Crippen LogP contribution >= 0.6 is 15.9 Å². The molecule has 1 aromatic carbocycles. The number of nitrogens with zero attached hydrogens (tertiary/aromatic N) is 2. The normalized spacial score (nSPS) is 10.8. The lowest BCUT2D eigenvalue weighted by atomic mass is 10.2. The monoisotopic (exact) mass is 284 g/mol. The van der Waals surface area contributed by atoms with E-state index in [2.05, 4.69) is 21.0 Å². The molecule has 2 rings (SSSR count). The highest BCUT2D eigenvalue weighted by atomic mass is 79.9. The van der Waals surface area contributed by atoms with Gasteiger partial charge in [0.2, 0.25) is 0 Å². The van der Waals surface area contributed by atoms with Gasteiger partial charge in [0.05, 0.1) is 22.5 Å². The van der Waals surface area contributed by atoms with Gasteiger partial charge in [0.1, 0.15) is 5.82 Å². The minimum atomic E-state index is -0.332. The molecule has 0 saturated carbocycles. The molecule has 1 aromatic heterocycles. The van der Waals surface area contributed by atoms with Crippen LogP contribution in [0.1, 0.15) is 11.3 Å². The Hall–Kier alpha value is -1.20. The summed E-state index contributed by atoms with van der Waals surface area (Å²) < 4.78 is 15.4. The van der Waals surface area contributed by atoms with Gasteiger partial charge in [-0.2, -0.15) is 5.10 Å². The third kappa shape index (κ3) is 2.01. The summed E-state index contributed by atoms with van der Waals surface area (Å²) >= 11 is 3.13. The number of benzene rings is 1. The van der Waals surface area contributed by atoms with E-state index in [1.807, 2.05) is 6.92 Å². The Morgan fingerprint density at radius 2 is 2.25 bits per heavy atom. The van der Waals surface area contributed by atoms with E-state index in [1.165, 1.54) is 6.07 Å². The Morgan fingerprint density at radius 1 is 1.50 bits per heavy atom. The first kappa shape index (κ1) is 11.3. The van der Waals surface area contributed by atoms with Gasteiger partial charge in [0.25, 0.3) is 0 Å². The van der Waals surface area contributed by atoms with E-state index in [4.69, 9.17) is 5.11 Å². The molecular weight excluding hydrogens is 275 g/mol. The van der Waals surface area contributed by atoms with Crippen LogP contribution in [0.25, 0.3) is 5.69 Å². The van der Waals surface area contributed by atoms with E-state index in [9.17, 15) is 4.39 Å². The summed E-state index contributed by atoms with van der Waals surface area (Å²) in [6.45, 7) is 1.75. The average molecular weight is 285 g/mol. The molecule has 0 amide bonds. The summed E-state index contributed by atoms with van der Waals surface area (Å²) in [6, 6.07) is 4.80. The van der Waals surface area contributed by atoms with Crippen molar-refractivity contribution < 1.29 is 9.50 Å². The molecule has 1 heterocycles. The quantitative estimate of drug-likeness (QED) is 0.921. The van der Waals surface area contributed by atoms with Crippen LogP contribution in [-0.2, 0) is 6.61 Å². The smallest absolute Gasteiger partial charge is 0.139 e. The Balaban J connectivity index is 2.51. The Morgan fingerprint density at radius 3 is 2.88 bits per heavy atom. The highest BCUT2D eigenvalue weighted by Crippen LogP contribution is 2.22. The largest absolute Gasteiger partial charge is 0.390 e. The molecule has 16 heavy (non-hydrogen) atoms. The van der Waals surface area contributed by atoms with Crippen LogP contribution in [0.4, 0.5) is 4.39 Å². The van der Waals surface area contributed by atoms with Gasteiger partial charge < -0.3 is 5.11 Å². The minimum Gasteiger partial charge on any atom is -0.390 e. The van der Waals surface area contributed by atoms with Gasteiger partial charge in [-0.05, 0) is 40.5 Å². The van der Waals surface area contributed by atoms with Crippen molar-refractivity contribution in [2.45, 2.75) is 13.5 Å². The number of hydrogen-bond donors (Lipinski definition) is 1. The molecule has 1 N–H and O–H groups in total. The van der Waals surface area contributed by atoms with Crippen LogP contribution < -0.4 is 0 Å². The maximum Gasteiger partial charge on any atom is 0.139 e. The summed E-state index contributed by atoms with van der Waals surface area (Å²) in [5.74, 6) is -0.332. The van der Waals surface area contributed by atoms with Crippen molar-refractivity contribution in [3.63, 3.8) is 0 Å². The van der Waals surface area contributed by atoms with Crippen molar-refractivity contribution >= 4 is 15.9 Å². The molecule has 0 aliphatic heterocycles. The standard InChI is InChI=1S/C11H10BrFN2O/c1-7-4-9(12)10(13)5-11(7)15-3-2-8(6-16)14-15/h2-5,16H,6H2,1H3. The number of rotatable bonds is 2. The number of aliphatic hydroxyl groups excluding tert-OH is 1. The fourth-order valence-electron chi connectivity index (χ4n) is 1.46. The lowest BCUT2D eigenvalue weighted by Gasteiger charge is -2.07. The van der Waals surface area contributed by atoms with Gasteiger partial charge in [-0.15, -0.1) is 0 Å². The van der Waals surface area contributed by atoms with Crippen molar-refractivity contribution in [2.24, 2.45) is 0 Å². The van der Waals surface area contributed by atoms with Crippen LogP contribution in [0.3, 0.4) is 0 Å². The SMILES string of the molecule is Cc1cc(Br)c(F)cc1-n1ccc(CO)n1. The topological polar surface area (TPSA) is 38.0 Å². The molecule has 0 radical (unpaired) electrons. The first-order valence-electron chi connectivity index (χ1n) is 4.73. The van der Waals surface area contributed by atoms with E-state index in [0.29, 0.717) is 15.9 Å². The molecule has 2 aromatic rings. The van der Waals surface area contributed by atoms with Crippen molar-refractivity contribution in [3.05, 3.63) is 45.9 Å². The number of aliphatic hydroxyl groups is 1. The van der Waals surface area contributed by atoms with Crippen LogP contribution in [0.15, 0.2) is 28.9 Å². The molecule has 0 saturated heterocycles. The van der Waals surface area contributed by atoms with E-state index in [-0.39, 0.29) is 12.4 Å². The molecular formula is C11H10BrFN2O. The van der Waals surface area contributed by atoms with Gasteiger partial charge >= 0.3 is 0 Å². The van der Waals surface area contributed by atoms with Crippen molar-refractivity contribution in [3.8, 4) is 5.69 Å². The van der Waals surface area contributed by atoms with Crippen LogP contribution in [0.5, 0.6) is 0 Å². The molecule has 3 nitrogen and oxygen atoms in total. The zero-order chi connectivity index (χ0) is 11.7. The number of aromatic nitrogens is 2. The summed E-state index contributed by atoms with van der Waals surface area (Å²) in [5.41, 5.74) is 2.13. The van der Waals surface area contributed by atoms with Gasteiger partial charge in [0, 0.05) is 12.3 Å². The fraction of sp³-hybridized carbons (Fsp3) is 0.182. The number of aryl methyl sites for hydroxylation is 1. The van der Waals surface area contributed by atoms with Gasteiger partial charge in [-0.1, -0.05) is 0 Å². The second-order valence-electron chi connectivity index (χ2n) is 3.46. The zero-order valence-electron chi connectivity index (χ0n) is 8.61. The Kier molecular flexibility index (Phi) is 3.07. The Bertz CT molecular complexity index is 525. The second-order valence-corrected chi connectivity index (χ2v) is 4.32. The summed E-state index contributed by atoms with van der Waals surface area (Å²) in [7, 11) is 0. The van der Waals surface area contributed by atoms with E-state index in [0.717, 1.165) is 5.56 Å². The zero-order valence-corrected chi connectivity index (χ0v) is 10.2. The summed E-state index contributed by atoms with van der Waals surface area (Å²) in [6.07, 6.45) is 1.70. The maximum absolute atomic E-state index is 13.4. The summed E-state index contributed by atoms with van der Waals surface area (Å²) in [4.78, 5) is 0. The Labute approximate surface area is 101 Å². The first-order valence-corrected chi connectivity index (χ1v) is 5.52. The third-order valence-electron chi connectivity index (χ3n) is 2.29. The lowest BCUT2D eigenvalue weighted by molar-refractivity contribution is 0.276. The van der Waals surface area contributed by atoms with Gasteiger partial charge in [-0.3, -0.25) is 0 Å². The first-order chi connectivity index (χ1) is 7.61. The molecule has 84 valence electrons. The molecule has 0 bridgehead atoms. The molecule has 0 spiro atoms. The van der Waals surface area contributed by atoms with Crippen LogP contribution in [0, 0.1) is 12.7 Å². The minimum absolute atomic E-state index is 0.120. The number of halogens is 2. The predicted molar refractivity (Wildman–Crippen MR) is 61.9 cm³/mol. The highest BCUT2D eigenvalue weighted by Gasteiger charge is 2.08. The maximum atomic E-state index is 13.4. The fourth-order valence-corrected chi connectivity index (χ4v) is 1.92. The van der Waals surface area contributed by atoms with Crippen molar-refractivity contribution in [1.82, 2.24) is 9.78 Å². The van der Waals surface area contributed by atoms with E-state index >= 15 is 0 Å².